The molecule has 0 aliphatic heterocycles. The molecule has 1 N–H and O–H groups in total. The van der Waals surface area contributed by atoms with Crippen LogP contribution in [0.4, 0.5) is 0 Å². The van der Waals surface area contributed by atoms with Crippen LogP contribution >= 0.6 is 38.9 Å². The zero-order valence-corrected chi connectivity index (χ0v) is 11.6. The van der Waals surface area contributed by atoms with Gasteiger partial charge in [0.05, 0.1) is 10.2 Å². The number of alkyl halides is 2. The third-order valence-corrected chi connectivity index (χ3v) is 3.78. The van der Waals surface area contributed by atoms with Crippen LogP contribution in [0.1, 0.15) is 5.01 Å². The molecule has 1 unspecified atom stereocenters. The van der Waals surface area contributed by atoms with E-state index in [1.807, 2.05) is 30.3 Å². The summed E-state index contributed by atoms with van der Waals surface area (Å²) in [7, 11) is 0. The third-order valence-electron chi connectivity index (χ3n) is 2.08. The third kappa shape index (κ3) is 2.44. The molecule has 0 spiro atoms. The Morgan fingerprint density at radius 3 is 2.82 bits per heavy atom. The van der Waals surface area contributed by atoms with E-state index in [1.54, 1.807) is 0 Å². The van der Waals surface area contributed by atoms with Crippen LogP contribution in [0.25, 0.3) is 15.8 Å². The molecule has 2 aromatic rings. The molecule has 0 fully saturated rings. The lowest BCUT2D eigenvalue weighted by Gasteiger charge is -2.01. The summed E-state index contributed by atoms with van der Waals surface area (Å²) in [6.07, 6.45) is 0. The molecule has 6 heteroatoms. The number of aromatic nitrogens is 1. The molecule has 0 saturated carbocycles. The van der Waals surface area contributed by atoms with Crippen molar-refractivity contribution >= 4 is 54.7 Å². The number of allylic oxidation sites excluding steroid dienone is 2. The summed E-state index contributed by atoms with van der Waals surface area (Å²) in [4.78, 5) is 4.29. The fourth-order valence-corrected chi connectivity index (χ4v) is 2.61. The van der Waals surface area contributed by atoms with Crippen molar-refractivity contribution < 1.29 is 5.11 Å². The molecule has 0 saturated heterocycles. The highest BCUT2D eigenvalue weighted by molar-refractivity contribution is 9.10. The van der Waals surface area contributed by atoms with Crippen LogP contribution in [0.2, 0.25) is 0 Å². The molecule has 86 valence electrons. The second-order valence-corrected chi connectivity index (χ2v) is 6.07. The maximum atomic E-state index is 9.71. The molecular weight excluding hydrogens is 324 g/mol. The molecular formula is C11H6BrClN2OS. The Bertz CT molecular complexity index is 597. The van der Waals surface area contributed by atoms with Crippen molar-refractivity contribution in [3.63, 3.8) is 0 Å². The number of fused-ring (bicyclic) bond motifs is 1. The maximum absolute atomic E-state index is 9.71. The number of nitriles is 1. The van der Waals surface area contributed by atoms with Crippen molar-refractivity contribution in [2.75, 3.05) is 0 Å². The number of thiazole rings is 1. The predicted molar refractivity (Wildman–Crippen MR) is 73.3 cm³/mol. The van der Waals surface area contributed by atoms with E-state index < -0.39 is 4.29 Å². The second-order valence-electron chi connectivity index (χ2n) is 3.16. The molecule has 17 heavy (non-hydrogen) atoms. The molecule has 0 aliphatic carbocycles. The fourth-order valence-electron chi connectivity index (χ4n) is 1.30. The van der Waals surface area contributed by atoms with Gasteiger partial charge in [0.1, 0.15) is 26.7 Å². The van der Waals surface area contributed by atoms with Gasteiger partial charge in [-0.1, -0.05) is 28.1 Å². The summed E-state index contributed by atoms with van der Waals surface area (Å²) >= 11 is 10.0. The molecule has 1 heterocycles. The fraction of sp³-hybridized carbons (Fsp3) is 0.0909. The highest BCUT2D eigenvalue weighted by Crippen LogP contribution is 2.30. The van der Waals surface area contributed by atoms with Gasteiger partial charge in [-0.3, -0.25) is 0 Å². The summed E-state index contributed by atoms with van der Waals surface area (Å²) < 4.78 is 0.174. The van der Waals surface area contributed by atoms with Crippen molar-refractivity contribution in [3.05, 3.63) is 35.0 Å². The normalized spacial score (nSPS) is 14.2. The second kappa shape index (κ2) is 5.05. The van der Waals surface area contributed by atoms with Crippen LogP contribution in [-0.2, 0) is 0 Å². The standard InChI is InChI=1S/C11H6BrClN2OS/c12-10(13)9(16)6(5-14)11-15-7-3-1-2-4-8(7)17-11/h1-4,10,16H/b9-6-. The molecule has 2 rings (SSSR count). The minimum atomic E-state index is -0.788. The highest BCUT2D eigenvalue weighted by atomic mass is 79.9. The minimum absolute atomic E-state index is 0.100. The van der Waals surface area contributed by atoms with Crippen LogP contribution in [0.15, 0.2) is 30.0 Å². The van der Waals surface area contributed by atoms with Crippen LogP contribution in [0.3, 0.4) is 0 Å². The van der Waals surface area contributed by atoms with Gasteiger partial charge in [0, 0.05) is 0 Å². The van der Waals surface area contributed by atoms with Crippen molar-refractivity contribution in [2.45, 2.75) is 4.29 Å². The van der Waals surface area contributed by atoms with Gasteiger partial charge in [-0.25, -0.2) is 4.98 Å². The lowest BCUT2D eigenvalue weighted by atomic mass is 10.2. The van der Waals surface area contributed by atoms with Gasteiger partial charge in [0.2, 0.25) is 0 Å². The first-order valence-electron chi connectivity index (χ1n) is 4.61. The average Bonchev–Trinajstić information content (AvgIpc) is 2.72. The van der Waals surface area contributed by atoms with E-state index in [-0.39, 0.29) is 11.3 Å². The number of hydrogen-bond donors (Lipinski definition) is 1. The molecule has 1 atom stereocenters. The minimum Gasteiger partial charge on any atom is -0.508 e. The van der Waals surface area contributed by atoms with Crippen molar-refractivity contribution in [3.8, 4) is 6.07 Å². The van der Waals surface area contributed by atoms with Crippen LogP contribution in [0.5, 0.6) is 0 Å². The van der Waals surface area contributed by atoms with Crippen molar-refractivity contribution in [1.82, 2.24) is 4.98 Å². The number of hydrogen-bond acceptors (Lipinski definition) is 4. The topological polar surface area (TPSA) is 56.9 Å². The predicted octanol–water partition coefficient (Wildman–Crippen LogP) is 4.05. The first-order valence-corrected chi connectivity index (χ1v) is 6.77. The van der Waals surface area contributed by atoms with E-state index in [4.69, 9.17) is 16.9 Å². The Hall–Kier alpha value is -1.09. The van der Waals surface area contributed by atoms with E-state index in [0.717, 1.165) is 10.2 Å². The largest absolute Gasteiger partial charge is 0.508 e. The number of rotatable bonds is 2. The summed E-state index contributed by atoms with van der Waals surface area (Å²) in [5, 5.41) is 19.2. The van der Waals surface area contributed by atoms with Crippen LogP contribution < -0.4 is 0 Å². The number of halogens is 2. The Kier molecular flexibility index (Phi) is 3.67. The Labute approximate surface area is 115 Å². The van der Waals surface area contributed by atoms with E-state index in [9.17, 15) is 5.11 Å². The Balaban J connectivity index is 2.60. The van der Waals surface area contributed by atoms with Gasteiger partial charge in [0.25, 0.3) is 0 Å². The van der Waals surface area contributed by atoms with E-state index in [0.29, 0.717) is 5.01 Å². The molecule has 3 nitrogen and oxygen atoms in total. The number of aliphatic hydroxyl groups is 1. The monoisotopic (exact) mass is 328 g/mol. The first kappa shape index (κ1) is 12.4. The first-order chi connectivity index (χ1) is 8.13. The van der Waals surface area contributed by atoms with Gasteiger partial charge in [-0.05, 0) is 12.1 Å². The molecule has 1 aromatic carbocycles. The lowest BCUT2D eigenvalue weighted by Crippen LogP contribution is -1.96. The summed E-state index contributed by atoms with van der Waals surface area (Å²) in [6.45, 7) is 0. The van der Waals surface area contributed by atoms with Gasteiger partial charge in [0.15, 0.2) is 0 Å². The van der Waals surface area contributed by atoms with Gasteiger partial charge >= 0.3 is 0 Å². The van der Waals surface area contributed by atoms with E-state index >= 15 is 0 Å². The van der Waals surface area contributed by atoms with Gasteiger partial charge < -0.3 is 5.11 Å². The van der Waals surface area contributed by atoms with Crippen molar-refractivity contribution in [1.29, 1.82) is 5.26 Å². The zero-order chi connectivity index (χ0) is 12.4. The smallest absolute Gasteiger partial charge is 0.147 e. The SMILES string of the molecule is N#C/C(=C(/O)C(Cl)Br)c1nc2ccccc2s1. The average molecular weight is 330 g/mol. The van der Waals surface area contributed by atoms with Gasteiger partial charge in [-0.15, -0.1) is 22.9 Å². The number of para-hydroxylation sites is 1. The quantitative estimate of drug-likeness (QED) is 0.514. The Morgan fingerprint density at radius 2 is 2.24 bits per heavy atom. The Morgan fingerprint density at radius 1 is 1.53 bits per heavy atom. The van der Waals surface area contributed by atoms with Gasteiger partial charge in [-0.2, -0.15) is 5.26 Å². The number of aliphatic hydroxyl groups excluding tert-OH is 1. The molecule has 1 aromatic heterocycles. The molecule has 0 bridgehead atoms. The molecule has 0 radical (unpaired) electrons. The number of benzene rings is 1. The van der Waals surface area contributed by atoms with Crippen LogP contribution in [0, 0.1) is 11.3 Å². The number of nitrogens with zero attached hydrogens (tertiary/aromatic N) is 2. The highest BCUT2D eigenvalue weighted by Gasteiger charge is 2.17. The van der Waals surface area contributed by atoms with Crippen LogP contribution in [-0.4, -0.2) is 14.4 Å². The summed E-state index contributed by atoms with van der Waals surface area (Å²) in [5.41, 5.74) is 0.900. The van der Waals surface area contributed by atoms with E-state index in [2.05, 4.69) is 20.9 Å². The summed E-state index contributed by atoms with van der Waals surface area (Å²) in [6, 6.07) is 9.46. The van der Waals surface area contributed by atoms with E-state index in [1.165, 1.54) is 11.3 Å². The molecule has 0 amide bonds. The molecule has 0 aliphatic rings. The summed E-state index contributed by atoms with van der Waals surface area (Å²) in [5.74, 6) is -0.215. The lowest BCUT2D eigenvalue weighted by molar-refractivity contribution is 0.415. The van der Waals surface area contributed by atoms with Crippen molar-refractivity contribution in [2.24, 2.45) is 0 Å². The maximum Gasteiger partial charge on any atom is 0.147 e. The zero-order valence-electron chi connectivity index (χ0n) is 8.39.